The van der Waals surface area contributed by atoms with Gasteiger partial charge in [-0.15, -0.1) is 11.3 Å². The molecule has 11 heteroatoms. The van der Waals surface area contributed by atoms with Crippen molar-refractivity contribution in [1.29, 1.82) is 0 Å². The monoisotopic (exact) mass is 387 g/mol. The summed E-state index contributed by atoms with van der Waals surface area (Å²) in [5.41, 5.74) is 3.04. The van der Waals surface area contributed by atoms with E-state index in [0.717, 1.165) is 22.6 Å². The Bertz CT molecular complexity index is 850. The molecule has 1 unspecified atom stereocenters. The molecule has 0 aliphatic heterocycles. The number of carboxylic acid groups (broad SMARTS) is 1. The van der Waals surface area contributed by atoms with Crippen molar-refractivity contribution in [3.8, 4) is 0 Å². The van der Waals surface area contributed by atoms with E-state index in [0.29, 0.717) is 6.04 Å². The molecule has 0 saturated heterocycles. The molecule has 0 aliphatic rings. The zero-order valence-electron chi connectivity index (χ0n) is 13.9. The van der Waals surface area contributed by atoms with Crippen LogP contribution in [0.15, 0.2) is 29.8 Å². The molecule has 2 aromatic heterocycles. The van der Waals surface area contributed by atoms with Crippen LogP contribution < -0.4 is 0 Å². The number of fused-ring (bicyclic) bond motifs is 1. The van der Waals surface area contributed by atoms with Gasteiger partial charge in [-0.1, -0.05) is 6.07 Å². The molecule has 26 heavy (non-hydrogen) atoms. The Kier molecular flexibility index (Phi) is 6.27. The number of alkyl halides is 3. The largest absolute Gasteiger partial charge is 0.490 e. The molecule has 2 heterocycles. The van der Waals surface area contributed by atoms with Gasteiger partial charge in [-0.05, 0) is 31.7 Å². The van der Waals surface area contributed by atoms with E-state index in [1.54, 1.807) is 11.3 Å². The van der Waals surface area contributed by atoms with Crippen LogP contribution in [-0.4, -0.2) is 49.6 Å². The third-order valence-corrected chi connectivity index (χ3v) is 4.47. The third-order valence-electron chi connectivity index (χ3n) is 3.53. The summed E-state index contributed by atoms with van der Waals surface area (Å²) in [6, 6.07) is 6.48. The summed E-state index contributed by atoms with van der Waals surface area (Å²) in [6.45, 7) is 3.04. The van der Waals surface area contributed by atoms with Crippen LogP contribution in [-0.2, 0) is 11.3 Å². The van der Waals surface area contributed by atoms with Crippen molar-refractivity contribution < 1.29 is 23.1 Å². The Morgan fingerprint density at radius 3 is 2.58 bits per heavy atom. The Morgan fingerprint density at radius 1 is 1.35 bits per heavy atom. The molecule has 7 nitrogen and oxygen atoms in total. The highest BCUT2D eigenvalue weighted by molar-refractivity contribution is 7.09. The fourth-order valence-corrected chi connectivity index (χ4v) is 2.80. The Labute approximate surface area is 150 Å². The minimum atomic E-state index is -5.08. The number of nitrogens with zero attached hydrogens (tertiary/aromatic N) is 4. The average Bonchev–Trinajstić information content (AvgIpc) is 3.25. The van der Waals surface area contributed by atoms with E-state index in [9.17, 15) is 13.2 Å². The van der Waals surface area contributed by atoms with Crippen molar-refractivity contribution in [1.82, 2.24) is 25.3 Å². The van der Waals surface area contributed by atoms with Crippen molar-refractivity contribution >= 4 is 28.3 Å². The molecule has 0 amide bonds. The lowest BCUT2D eigenvalue weighted by molar-refractivity contribution is -0.192. The minimum Gasteiger partial charge on any atom is -0.475 e. The molecule has 3 rings (SSSR count). The molecule has 2 N–H and O–H groups in total. The van der Waals surface area contributed by atoms with Gasteiger partial charge >= 0.3 is 12.1 Å². The van der Waals surface area contributed by atoms with Crippen LogP contribution in [0.4, 0.5) is 13.2 Å². The lowest BCUT2D eigenvalue weighted by atomic mass is 10.1. The molecule has 0 fully saturated rings. The van der Waals surface area contributed by atoms with Gasteiger partial charge in [0.25, 0.3) is 0 Å². The maximum atomic E-state index is 10.6. The van der Waals surface area contributed by atoms with Crippen molar-refractivity contribution in [2.45, 2.75) is 25.7 Å². The van der Waals surface area contributed by atoms with Crippen LogP contribution in [0.3, 0.4) is 0 Å². The normalized spacial score (nSPS) is 12.7. The summed E-state index contributed by atoms with van der Waals surface area (Å²) in [5, 5.41) is 21.1. The predicted octanol–water partition coefficient (Wildman–Crippen LogP) is 3.24. The molecule has 0 saturated carbocycles. The van der Waals surface area contributed by atoms with Crippen LogP contribution in [0.25, 0.3) is 11.0 Å². The highest BCUT2D eigenvalue weighted by atomic mass is 32.1. The Morgan fingerprint density at radius 2 is 2.00 bits per heavy atom. The molecule has 1 aromatic carbocycles. The number of halogens is 3. The van der Waals surface area contributed by atoms with E-state index in [4.69, 9.17) is 9.90 Å². The van der Waals surface area contributed by atoms with Gasteiger partial charge in [-0.2, -0.15) is 28.6 Å². The quantitative estimate of drug-likeness (QED) is 0.714. The highest BCUT2D eigenvalue weighted by Crippen LogP contribution is 2.23. The number of rotatable bonds is 4. The first-order valence-electron chi connectivity index (χ1n) is 7.37. The third kappa shape index (κ3) is 5.23. The summed E-state index contributed by atoms with van der Waals surface area (Å²) in [5.74, 6) is -2.76. The van der Waals surface area contributed by atoms with Crippen LogP contribution in [0.1, 0.15) is 23.5 Å². The Hall–Kier alpha value is -2.53. The van der Waals surface area contributed by atoms with Crippen molar-refractivity contribution in [3.05, 3.63) is 40.3 Å². The standard InChI is InChI=1S/C13H15N5S.C2HF3O2/c1-9(13-14-5-6-19-13)18(2)8-10-3-4-11-12(7-10)16-17-15-11;3-2(4,5)1(6)7/h3-7,9H,8H2,1-2H3,(H,15,16,17);(H,6,7). The summed E-state index contributed by atoms with van der Waals surface area (Å²) in [7, 11) is 2.11. The number of hydrogen-bond acceptors (Lipinski definition) is 6. The van der Waals surface area contributed by atoms with Crippen LogP contribution in [0.2, 0.25) is 0 Å². The topological polar surface area (TPSA) is 95.0 Å². The van der Waals surface area contributed by atoms with Gasteiger partial charge in [0.05, 0.1) is 6.04 Å². The smallest absolute Gasteiger partial charge is 0.475 e. The molecule has 0 bridgehead atoms. The Balaban J connectivity index is 0.000000298. The van der Waals surface area contributed by atoms with E-state index in [-0.39, 0.29) is 0 Å². The second-order valence-corrected chi connectivity index (χ2v) is 6.34. The number of thiazole rings is 1. The first kappa shape index (κ1) is 19.8. The van der Waals surface area contributed by atoms with Crippen LogP contribution >= 0.6 is 11.3 Å². The van der Waals surface area contributed by atoms with Crippen molar-refractivity contribution in [3.63, 3.8) is 0 Å². The first-order valence-corrected chi connectivity index (χ1v) is 8.25. The molecule has 3 aromatic rings. The lowest BCUT2D eigenvalue weighted by Crippen LogP contribution is -2.21. The van der Waals surface area contributed by atoms with E-state index >= 15 is 0 Å². The maximum Gasteiger partial charge on any atom is 0.490 e. The fraction of sp³-hybridized carbons (Fsp3) is 0.333. The van der Waals surface area contributed by atoms with E-state index in [1.165, 1.54) is 5.56 Å². The molecule has 1 atom stereocenters. The van der Waals surface area contributed by atoms with Gasteiger partial charge in [0.15, 0.2) is 0 Å². The van der Waals surface area contributed by atoms with Crippen LogP contribution in [0.5, 0.6) is 0 Å². The first-order chi connectivity index (χ1) is 12.2. The van der Waals surface area contributed by atoms with Gasteiger partial charge < -0.3 is 5.11 Å². The zero-order chi connectivity index (χ0) is 19.3. The molecular formula is C15H16F3N5O2S. The van der Waals surface area contributed by atoms with E-state index in [1.807, 2.05) is 17.6 Å². The van der Waals surface area contributed by atoms with Crippen molar-refractivity contribution in [2.75, 3.05) is 7.05 Å². The number of H-pyrrole nitrogens is 1. The number of nitrogens with one attached hydrogen (secondary N) is 1. The maximum absolute atomic E-state index is 10.6. The highest BCUT2D eigenvalue weighted by Gasteiger charge is 2.38. The van der Waals surface area contributed by atoms with Crippen molar-refractivity contribution in [2.24, 2.45) is 0 Å². The number of aromatic nitrogens is 4. The lowest BCUT2D eigenvalue weighted by Gasteiger charge is -2.22. The number of aliphatic carboxylic acids is 1. The second kappa shape index (κ2) is 8.23. The predicted molar refractivity (Wildman–Crippen MR) is 89.6 cm³/mol. The number of carboxylic acids is 1. The molecule has 0 spiro atoms. The average molecular weight is 387 g/mol. The summed E-state index contributed by atoms with van der Waals surface area (Å²) in [6.07, 6.45) is -3.23. The number of carbonyl (C=O) groups is 1. The summed E-state index contributed by atoms with van der Waals surface area (Å²) in [4.78, 5) is 15.5. The molecule has 0 radical (unpaired) electrons. The fourth-order valence-electron chi connectivity index (χ4n) is 2.04. The van der Waals surface area contributed by atoms with Crippen LogP contribution in [0, 0.1) is 0 Å². The van der Waals surface area contributed by atoms with Gasteiger partial charge in [0.1, 0.15) is 16.0 Å². The molecule has 140 valence electrons. The zero-order valence-corrected chi connectivity index (χ0v) is 14.7. The van der Waals surface area contributed by atoms with Gasteiger partial charge in [-0.25, -0.2) is 9.78 Å². The number of aromatic amines is 1. The molecule has 0 aliphatic carbocycles. The number of hydrogen-bond donors (Lipinski definition) is 2. The second-order valence-electron chi connectivity index (χ2n) is 5.41. The summed E-state index contributed by atoms with van der Waals surface area (Å²) >= 11 is 1.69. The SMILES string of the molecule is CC(c1nccs1)N(C)Cc1ccc2n[nH]nc2c1.O=C(O)C(F)(F)F. The summed E-state index contributed by atoms with van der Waals surface area (Å²) < 4.78 is 31.7. The van der Waals surface area contributed by atoms with E-state index in [2.05, 4.69) is 51.4 Å². The minimum absolute atomic E-state index is 0.313. The van der Waals surface area contributed by atoms with Gasteiger partial charge in [0.2, 0.25) is 0 Å². The van der Waals surface area contributed by atoms with Gasteiger partial charge in [-0.3, -0.25) is 4.90 Å². The van der Waals surface area contributed by atoms with Gasteiger partial charge in [0, 0.05) is 18.1 Å². The number of benzene rings is 1. The van der Waals surface area contributed by atoms with E-state index < -0.39 is 12.1 Å². The molecular weight excluding hydrogens is 371 g/mol.